The zero-order valence-electron chi connectivity index (χ0n) is 9.10. The van der Waals surface area contributed by atoms with Gasteiger partial charge in [-0.05, 0) is 23.8 Å². The second-order valence-electron chi connectivity index (χ2n) is 3.28. The van der Waals surface area contributed by atoms with Gasteiger partial charge in [0.15, 0.2) is 0 Å². The van der Waals surface area contributed by atoms with Crippen LogP contribution in [-0.4, -0.2) is 17.0 Å². The van der Waals surface area contributed by atoms with Gasteiger partial charge in [-0.3, -0.25) is 4.79 Å². The molecule has 86 valence electrons. The normalized spacial score (nSPS) is 10.5. The molecule has 1 amide bonds. The van der Waals surface area contributed by atoms with Gasteiger partial charge in [0.2, 0.25) is 5.91 Å². The molecule has 0 aliphatic carbocycles. The van der Waals surface area contributed by atoms with Crippen LogP contribution >= 0.6 is 0 Å². The van der Waals surface area contributed by atoms with Gasteiger partial charge in [-0.25, -0.2) is 4.79 Å². The van der Waals surface area contributed by atoms with Gasteiger partial charge in [0, 0.05) is 12.6 Å². The Labute approximate surface area is 98.0 Å². The van der Waals surface area contributed by atoms with E-state index < -0.39 is 5.97 Å². The minimum atomic E-state index is -1.27. The minimum Gasteiger partial charge on any atom is -0.477 e. The number of carbonyl (C=O) groups excluding carboxylic acids is 1. The molecule has 0 fully saturated rings. The highest BCUT2D eigenvalue weighted by atomic mass is 16.4. The number of nitriles is 1. The molecule has 0 spiro atoms. The van der Waals surface area contributed by atoms with Crippen LogP contribution in [0.1, 0.15) is 12.5 Å². The molecule has 0 atom stereocenters. The topological polar surface area (TPSA) is 90.2 Å². The Kier molecular flexibility index (Phi) is 4.01. The molecular weight excluding hydrogens is 220 g/mol. The number of carboxylic acid groups (broad SMARTS) is 1. The van der Waals surface area contributed by atoms with E-state index in [-0.39, 0.29) is 11.5 Å². The van der Waals surface area contributed by atoms with Crippen LogP contribution < -0.4 is 5.32 Å². The monoisotopic (exact) mass is 230 g/mol. The van der Waals surface area contributed by atoms with Crippen molar-refractivity contribution >= 4 is 23.6 Å². The summed E-state index contributed by atoms with van der Waals surface area (Å²) in [6.07, 6.45) is 1.26. The largest absolute Gasteiger partial charge is 0.477 e. The molecule has 5 nitrogen and oxygen atoms in total. The standard InChI is InChI=1S/C12H10N2O3/c1-8(15)14-11-4-2-9(3-5-11)6-10(7-13)12(16)17/h2-6H,1H3,(H,14,15)(H,16,17)/b10-6-. The van der Waals surface area contributed by atoms with E-state index >= 15 is 0 Å². The summed E-state index contributed by atoms with van der Waals surface area (Å²) in [5.74, 6) is -1.45. The molecule has 1 aromatic carbocycles. The maximum atomic E-state index is 10.8. The second-order valence-corrected chi connectivity index (χ2v) is 3.28. The van der Waals surface area contributed by atoms with Crippen molar-refractivity contribution in [3.8, 4) is 6.07 Å². The van der Waals surface area contributed by atoms with Crippen LogP contribution in [0.2, 0.25) is 0 Å². The van der Waals surface area contributed by atoms with Crippen molar-refractivity contribution < 1.29 is 14.7 Å². The number of nitrogens with one attached hydrogen (secondary N) is 1. The van der Waals surface area contributed by atoms with E-state index in [9.17, 15) is 9.59 Å². The Morgan fingerprint density at radius 1 is 1.35 bits per heavy atom. The first-order valence-corrected chi connectivity index (χ1v) is 4.75. The van der Waals surface area contributed by atoms with Gasteiger partial charge in [0.05, 0.1) is 0 Å². The van der Waals surface area contributed by atoms with Crippen molar-refractivity contribution in [2.45, 2.75) is 6.92 Å². The lowest BCUT2D eigenvalue weighted by Gasteiger charge is -2.01. The number of hydrogen-bond donors (Lipinski definition) is 2. The number of rotatable bonds is 3. The number of benzene rings is 1. The fourth-order valence-corrected chi connectivity index (χ4v) is 1.17. The summed E-state index contributed by atoms with van der Waals surface area (Å²) in [5, 5.41) is 19.8. The van der Waals surface area contributed by atoms with Crippen molar-refractivity contribution in [1.82, 2.24) is 0 Å². The third-order valence-corrected chi connectivity index (χ3v) is 1.89. The SMILES string of the molecule is CC(=O)Nc1ccc(/C=C(/C#N)C(=O)O)cc1. The zero-order chi connectivity index (χ0) is 12.8. The van der Waals surface area contributed by atoms with E-state index in [0.717, 1.165) is 0 Å². The molecule has 5 heteroatoms. The van der Waals surface area contributed by atoms with Gasteiger partial charge in [-0.15, -0.1) is 0 Å². The van der Waals surface area contributed by atoms with E-state index in [1.165, 1.54) is 13.0 Å². The molecule has 17 heavy (non-hydrogen) atoms. The van der Waals surface area contributed by atoms with Crippen LogP contribution in [0, 0.1) is 11.3 Å². The van der Waals surface area contributed by atoms with E-state index in [1.54, 1.807) is 30.3 Å². The molecule has 0 aromatic heterocycles. The first-order valence-electron chi connectivity index (χ1n) is 4.75. The van der Waals surface area contributed by atoms with Gasteiger partial charge in [0.25, 0.3) is 0 Å². The predicted molar refractivity (Wildman–Crippen MR) is 62.0 cm³/mol. The molecule has 2 N–H and O–H groups in total. The Morgan fingerprint density at radius 2 is 1.94 bits per heavy atom. The molecule has 0 aliphatic heterocycles. The maximum Gasteiger partial charge on any atom is 0.346 e. The molecule has 0 radical (unpaired) electrons. The van der Waals surface area contributed by atoms with E-state index in [0.29, 0.717) is 11.3 Å². The van der Waals surface area contributed by atoms with Crippen LogP contribution in [0.15, 0.2) is 29.8 Å². The second kappa shape index (κ2) is 5.47. The molecule has 0 saturated carbocycles. The van der Waals surface area contributed by atoms with Gasteiger partial charge in [-0.2, -0.15) is 5.26 Å². The van der Waals surface area contributed by atoms with Gasteiger partial charge in [-0.1, -0.05) is 12.1 Å². The van der Waals surface area contributed by atoms with Crippen LogP contribution in [0.3, 0.4) is 0 Å². The molecule has 0 saturated heterocycles. The molecule has 1 rings (SSSR count). The first kappa shape index (κ1) is 12.5. The molecular formula is C12H10N2O3. The zero-order valence-corrected chi connectivity index (χ0v) is 9.10. The number of carbonyl (C=O) groups is 2. The van der Waals surface area contributed by atoms with Crippen LogP contribution in [0.25, 0.3) is 6.08 Å². The molecule has 1 aromatic rings. The number of nitrogens with zero attached hydrogens (tertiary/aromatic N) is 1. The molecule has 0 unspecified atom stereocenters. The molecule has 0 aliphatic rings. The fraction of sp³-hybridized carbons (Fsp3) is 0.0833. The summed E-state index contributed by atoms with van der Waals surface area (Å²) in [4.78, 5) is 21.4. The van der Waals surface area contributed by atoms with Crippen molar-refractivity contribution in [3.05, 3.63) is 35.4 Å². The Bertz CT molecular complexity index is 510. The van der Waals surface area contributed by atoms with Crippen LogP contribution in [-0.2, 0) is 9.59 Å². The van der Waals surface area contributed by atoms with Gasteiger partial charge in [0.1, 0.15) is 11.6 Å². The highest BCUT2D eigenvalue weighted by Crippen LogP contribution is 2.12. The summed E-state index contributed by atoms with van der Waals surface area (Å²) in [5.41, 5.74) is 0.860. The quantitative estimate of drug-likeness (QED) is 0.610. The summed E-state index contributed by atoms with van der Waals surface area (Å²) in [6, 6.07) is 8.08. The number of carboxylic acids is 1. The average molecular weight is 230 g/mol. The third-order valence-electron chi connectivity index (χ3n) is 1.89. The maximum absolute atomic E-state index is 10.8. The minimum absolute atomic E-state index is 0.184. The third kappa shape index (κ3) is 3.80. The molecule has 0 bridgehead atoms. The van der Waals surface area contributed by atoms with Crippen molar-refractivity contribution in [2.75, 3.05) is 5.32 Å². The highest BCUT2D eigenvalue weighted by molar-refractivity contribution is 5.96. The number of amides is 1. The number of aliphatic carboxylic acids is 1. The van der Waals surface area contributed by atoms with E-state index in [2.05, 4.69) is 5.32 Å². The first-order chi connectivity index (χ1) is 8.02. The van der Waals surface area contributed by atoms with E-state index in [4.69, 9.17) is 10.4 Å². The summed E-state index contributed by atoms with van der Waals surface area (Å²) in [6.45, 7) is 1.39. The lowest BCUT2D eigenvalue weighted by atomic mass is 10.1. The average Bonchev–Trinajstić information content (AvgIpc) is 2.26. The molecule has 0 heterocycles. The number of anilines is 1. The van der Waals surface area contributed by atoms with Crippen LogP contribution in [0.5, 0.6) is 0 Å². The number of hydrogen-bond acceptors (Lipinski definition) is 3. The lowest BCUT2D eigenvalue weighted by molar-refractivity contribution is -0.132. The van der Waals surface area contributed by atoms with Crippen molar-refractivity contribution in [2.24, 2.45) is 0 Å². The Morgan fingerprint density at radius 3 is 2.35 bits per heavy atom. The van der Waals surface area contributed by atoms with Crippen LogP contribution in [0.4, 0.5) is 5.69 Å². The van der Waals surface area contributed by atoms with Gasteiger partial charge < -0.3 is 10.4 Å². The van der Waals surface area contributed by atoms with Gasteiger partial charge >= 0.3 is 5.97 Å². The van der Waals surface area contributed by atoms with Crippen molar-refractivity contribution in [3.63, 3.8) is 0 Å². The predicted octanol–water partition coefficient (Wildman–Crippen LogP) is 1.64. The van der Waals surface area contributed by atoms with E-state index in [1.807, 2.05) is 0 Å². The fourth-order valence-electron chi connectivity index (χ4n) is 1.17. The Hall–Kier alpha value is -2.61. The Balaban J connectivity index is 2.92. The summed E-state index contributed by atoms with van der Waals surface area (Å²) < 4.78 is 0. The summed E-state index contributed by atoms with van der Waals surface area (Å²) >= 11 is 0. The smallest absolute Gasteiger partial charge is 0.346 e. The summed E-state index contributed by atoms with van der Waals surface area (Å²) in [7, 11) is 0. The highest BCUT2D eigenvalue weighted by Gasteiger charge is 2.05. The van der Waals surface area contributed by atoms with Crippen molar-refractivity contribution in [1.29, 1.82) is 5.26 Å². The lowest BCUT2D eigenvalue weighted by Crippen LogP contribution is -2.05.